The van der Waals surface area contributed by atoms with Crippen LogP contribution in [0.25, 0.3) is 65.3 Å². The Morgan fingerprint density at radius 3 is 1.43 bits per heavy atom. The number of fused-ring (bicyclic) bond motifs is 6. The zero-order valence-corrected chi connectivity index (χ0v) is 25.8. The van der Waals surface area contributed by atoms with Crippen LogP contribution in [0.4, 0.5) is 17.1 Å². The van der Waals surface area contributed by atoms with Crippen molar-refractivity contribution in [2.75, 3.05) is 4.90 Å². The molecule has 0 saturated heterocycles. The molecule has 9 aromatic carbocycles. The van der Waals surface area contributed by atoms with Crippen LogP contribution < -0.4 is 4.90 Å². The minimum absolute atomic E-state index is 1.11. The van der Waals surface area contributed by atoms with Crippen molar-refractivity contribution in [3.63, 3.8) is 0 Å². The number of para-hydroxylation sites is 2. The van der Waals surface area contributed by atoms with Crippen LogP contribution in [0.15, 0.2) is 188 Å². The molecule has 0 aromatic heterocycles. The van der Waals surface area contributed by atoms with Crippen LogP contribution in [0, 0.1) is 0 Å². The Hall–Kier alpha value is -6.18. The van der Waals surface area contributed by atoms with Crippen LogP contribution in [-0.2, 0) is 0 Å². The summed E-state index contributed by atoms with van der Waals surface area (Å²) in [6, 6.07) is 68.2. The molecule has 9 rings (SSSR count). The fraction of sp³-hybridized carbons (Fsp3) is 0. The summed E-state index contributed by atoms with van der Waals surface area (Å²) in [5, 5.41) is 10.2. The second-order valence-corrected chi connectivity index (χ2v) is 12.1. The van der Waals surface area contributed by atoms with E-state index in [1.165, 1.54) is 65.3 Å². The van der Waals surface area contributed by atoms with E-state index in [0.717, 1.165) is 17.1 Å². The van der Waals surface area contributed by atoms with Gasteiger partial charge in [0.2, 0.25) is 0 Å². The monoisotopic (exact) mass is 597 g/mol. The van der Waals surface area contributed by atoms with E-state index in [9.17, 15) is 0 Å². The summed E-state index contributed by atoms with van der Waals surface area (Å²) >= 11 is 0. The van der Waals surface area contributed by atoms with Crippen LogP contribution in [0.2, 0.25) is 0 Å². The number of nitrogens with zero attached hydrogens (tertiary/aromatic N) is 1. The summed E-state index contributed by atoms with van der Waals surface area (Å²) in [5.74, 6) is 0. The highest BCUT2D eigenvalue weighted by atomic mass is 15.1. The SMILES string of the molecule is c1ccc(N(c2ccc(-c3cccc4c3ccc3ccccc34)cc2)c2ccccc2-c2cccc3c2ccc2ccccc23)cc1. The highest BCUT2D eigenvalue weighted by Gasteiger charge is 2.19. The molecule has 1 nitrogen and oxygen atoms in total. The Balaban J connectivity index is 1.20. The van der Waals surface area contributed by atoms with Crippen LogP contribution >= 0.6 is 0 Å². The highest BCUT2D eigenvalue weighted by molar-refractivity contribution is 6.14. The predicted octanol–water partition coefficient (Wildman–Crippen LogP) is 13.1. The molecule has 0 N–H and O–H groups in total. The van der Waals surface area contributed by atoms with Crippen molar-refractivity contribution in [2.24, 2.45) is 0 Å². The quantitative estimate of drug-likeness (QED) is 0.178. The Morgan fingerprint density at radius 2 is 0.745 bits per heavy atom. The van der Waals surface area contributed by atoms with E-state index < -0.39 is 0 Å². The van der Waals surface area contributed by atoms with Gasteiger partial charge in [-0.1, -0.05) is 158 Å². The largest absolute Gasteiger partial charge is 0.310 e. The zero-order valence-electron chi connectivity index (χ0n) is 25.8. The molecule has 9 aromatic rings. The van der Waals surface area contributed by atoms with Crippen molar-refractivity contribution in [1.82, 2.24) is 0 Å². The van der Waals surface area contributed by atoms with Gasteiger partial charge in [0.1, 0.15) is 0 Å². The summed E-state index contributed by atoms with van der Waals surface area (Å²) in [7, 11) is 0. The van der Waals surface area contributed by atoms with Gasteiger partial charge in [0.15, 0.2) is 0 Å². The number of hydrogen-bond acceptors (Lipinski definition) is 1. The van der Waals surface area contributed by atoms with Crippen LogP contribution in [0.5, 0.6) is 0 Å². The van der Waals surface area contributed by atoms with Gasteiger partial charge in [0, 0.05) is 16.9 Å². The summed E-state index contributed by atoms with van der Waals surface area (Å²) in [6.07, 6.45) is 0. The lowest BCUT2D eigenvalue weighted by Gasteiger charge is -2.28. The lowest BCUT2D eigenvalue weighted by atomic mass is 9.93. The lowest BCUT2D eigenvalue weighted by Crippen LogP contribution is -2.11. The molecule has 0 unspecified atom stereocenters. The van der Waals surface area contributed by atoms with Gasteiger partial charge < -0.3 is 4.90 Å². The summed E-state index contributed by atoms with van der Waals surface area (Å²) in [6.45, 7) is 0. The standard InChI is InChI=1S/C46H31N/c1-2-14-35(15-3-1)47(36-28-24-34(25-29-36)39-19-10-20-40-37-16-6-4-12-32(37)26-30-43(39)40)46-23-9-8-18-45(46)42-22-11-21-41-38-17-7-5-13-33(38)27-31-44(41)42/h1-31H. The molecule has 0 radical (unpaired) electrons. The van der Waals surface area contributed by atoms with E-state index >= 15 is 0 Å². The Kier molecular flexibility index (Phi) is 6.54. The molecule has 0 bridgehead atoms. The molecule has 0 aliphatic rings. The number of rotatable bonds is 5. The minimum atomic E-state index is 1.11. The fourth-order valence-corrected chi connectivity index (χ4v) is 7.26. The average Bonchev–Trinajstić information content (AvgIpc) is 3.15. The first-order valence-corrected chi connectivity index (χ1v) is 16.2. The van der Waals surface area contributed by atoms with Gasteiger partial charge in [0.05, 0.1) is 5.69 Å². The number of anilines is 3. The van der Waals surface area contributed by atoms with Gasteiger partial charge in [-0.3, -0.25) is 0 Å². The molecular formula is C46H31N. The van der Waals surface area contributed by atoms with Crippen molar-refractivity contribution in [1.29, 1.82) is 0 Å². The second kappa shape index (κ2) is 11.3. The van der Waals surface area contributed by atoms with E-state index in [2.05, 4.69) is 193 Å². The molecule has 0 aliphatic carbocycles. The third-order valence-corrected chi connectivity index (χ3v) is 9.46. The van der Waals surface area contributed by atoms with Crippen molar-refractivity contribution >= 4 is 60.2 Å². The Labute approximate surface area is 274 Å². The van der Waals surface area contributed by atoms with E-state index in [-0.39, 0.29) is 0 Å². The highest BCUT2D eigenvalue weighted by Crippen LogP contribution is 2.44. The lowest BCUT2D eigenvalue weighted by molar-refractivity contribution is 1.28. The maximum absolute atomic E-state index is 2.38. The van der Waals surface area contributed by atoms with Gasteiger partial charge in [0.25, 0.3) is 0 Å². The molecule has 0 atom stereocenters. The third-order valence-electron chi connectivity index (χ3n) is 9.46. The van der Waals surface area contributed by atoms with Gasteiger partial charge in [-0.25, -0.2) is 0 Å². The number of benzene rings is 9. The first-order valence-electron chi connectivity index (χ1n) is 16.2. The normalized spacial score (nSPS) is 11.4. The van der Waals surface area contributed by atoms with Crippen LogP contribution in [0.3, 0.4) is 0 Å². The summed E-state index contributed by atoms with van der Waals surface area (Å²) in [5.41, 5.74) is 8.25. The first kappa shape index (κ1) is 27.2. The zero-order chi connectivity index (χ0) is 31.2. The van der Waals surface area contributed by atoms with E-state index in [4.69, 9.17) is 0 Å². The molecule has 0 fully saturated rings. The molecule has 220 valence electrons. The number of hydrogen-bond donors (Lipinski definition) is 0. The van der Waals surface area contributed by atoms with Crippen LogP contribution in [0.1, 0.15) is 0 Å². The van der Waals surface area contributed by atoms with Crippen molar-refractivity contribution in [3.8, 4) is 22.3 Å². The predicted molar refractivity (Wildman–Crippen MR) is 202 cm³/mol. The summed E-state index contributed by atoms with van der Waals surface area (Å²) in [4.78, 5) is 2.38. The second-order valence-electron chi connectivity index (χ2n) is 12.1. The molecule has 47 heavy (non-hydrogen) atoms. The Morgan fingerprint density at radius 1 is 0.255 bits per heavy atom. The molecule has 1 heteroatoms. The maximum Gasteiger partial charge on any atom is 0.0540 e. The molecular weight excluding hydrogens is 567 g/mol. The van der Waals surface area contributed by atoms with E-state index in [0.29, 0.717) is 0 Å². The smallest absolute Gasteiger partial charge is 0.0540 e. The molecule has 0 amide bonds. The van der Waals surface area contributed by atoms with Gasteiger partial charge >= 0.3 is 0 Å². The molecule has 0 saturated carbocycles. The van der Waals surface area contributed by atoms with Crippen molar-refractivity contribution < 1.29 is 0 Å². The van der Waals surface area contributed by atoms with Crippen molar-refractivity contribution in [2.45, 2.75) is 0 Å². The topological polar surface area (TPSA) is 3.24 Å². The molecule has 0 spiro atoms. The van der Waals surface area contributed by atoms with Crippen LogP contribution in [-0.4, -0.2) is 0 Å². The first-order chi connectivity index (χ1) is 23.3. The van der Waals surface area contributed by atoms with Crippen molar-refractivity contribution in [3.05, 3.63) is 188 Å². The third kappa shape index (κ3) is 4.64. The van der Waals surface area contributed by atoms with Gasteiger partial charge in [-0.2, -0.15) is 0 Å². The Bertz CT molecular complexity index is 2560. The fourth-order valence-electron chi connectivity index (χ4n) is 7.26. The molecule has 0 heterocycles. The average molecular weight is 598 g/mol. The van der Waals surface area contributed by atoms with Gasteiger partial charge in [-0.05, 0) is 90.1 Å². The maximum atomic E-state index is 2.38. The van der Waals surface area contributed by atoms with E-state index in [1.807, 2.05) is 0 Å². The summed E-state index contributed by atoms with van der Waals surface area (Å²) < 4.78 is 0. The van der Waals surface area contributed by atoms with E-state index in [1.54, 1.807) is 0 Å². The van der Waals surface area contributed by atoms with Gasteiger partial charge in [-0.15, -0.1) is 0 Å². The molecule has 0 aliphatic heterocycles. The minimum Gasteiger partial charge on any atom is -0.310 e.